The topological polar surface area (TPSA) is 290 Å². The maximum atomic E-state index is 12.9. The van der Waals surface area contributed by atoms with Gasteiger partial charge in [-0.2, -0.15) is 0 Å². The first-order chi connectivity index (χ1) is 20.9. The zero-order valence-corrected chi connectivity index (χ0v) is 22.4. The second-order valence-electron chi connectivity index (χ2n) is 10.2. The summed E-state index contributed by atoms with van der Waals surface area (Å²) in [5, 5.41) is 111. The summed E-state index contributed by atoms with van der Waals surface area (Å²) in [5.41, 5.74) is -1.00. The quantitative estimate of drug-likeness (QED) is 0.119. The molecule has 2 fully saturated rings. The Labute approximate surface area is 246 Å². The van der Waals surface area contributed by atoms with E-state index < -0.39 is 114 Å². The van der Waals surface area contributed by atoms with E-state index in [2.05, 4.69) is 0 Å². The predicted molar refractivity (Wildman–Crippen MR) is 142 cm³/mol. The van der Waals surface area contributed by atoms with Gasteiger partial charge in [-0.15, -0.1) is 0 Å². The van der Waals surface area contributed by atoms with Crippen LogP contribution in [0.4, 0.5) is 0 Å². The fraction of sp³-hybridized carbons (Fsp3) is 0.444. The molecule has 0 radical (unpaired) electrons. The van der Waals surface area contributed by atoms with E-state index in [1.54, 1.807) is 0 Å². The highest BCUT2D eigenvalue weighted by molar-refractivity contribution is 5.89. The van der Waals surface area contributed by atoms with Crippen molar-refractivity contribution in [3.8, 4) is 40.1 Å². The largest absolute Gasteiger partial charge is 0.504 e. The summed E-state index contributed by atoms with van der Waals surface area (Å²) in [6, 6.07) is 5.51. The number of fused-ring (bicyclic) bond motifs is 1. The molecule has 0 saturated carbocycles. The van der Waals surface area contributed by atoms with Gasteiger partial charge in [0.2, 0.25) is 12.0 Å². The number of hydrogen-bond acceptors (Lipinski definition) is 17. The Morgan fingerprint density at radius 2 is 1.34 bits per heavy atom. The molecule has 240 valence electrons. The summed E-state index contributed by atoms with van der Waals surface area (Å²) in [5.74, 6) is -3.65. The van der Waals surface area contributed by atoms with Crippen molar-refractivity contribution in [3.63, 3.8) is 0 Å². The maximum Gasteiger partial charge on any atom is 0.229 e. The molecule has 0 aliphatic carbocycles. The van der Waals surface area contributed by atoms with Gasteiger partial charge < -0.3 is 79.5 Å². The molecule has 17 nitrogen and oxygen atoms in total. The molecule has 17 heteroatoms. The van der Waals surface area contributed by atoms with Gasteiger partial charge in [0, 0.05) is 17.7 Å². The Balaban J connectivity index is 1.52. The van der Waals surface area contributed by atoms with E-state index in [-0.39, 0.29) is 16.9 Å². The third kappa shape index (κ3) is 5.61. The van der Waals surface area contributed by atoms with Crippen LogP contribution in [0.3, 0.4) is 0 Å². The fourth-order valence-corrected chi connectivity index (χ4v) is 4.93. The maximum absolute atomic E-state index is 12.9. The summed E-state index contributed by atoms with van der Waals surface area (Å²) in [6.45, 7) is -1.64. The Hall–Kier alpha value is -3.75. The van der Waals surface area contributed by atoms with E-state index in [4.69, 9.17) is 23.4 Å². The van der Waals surface area contributed by atoms with Crippen LogP contribution in [0.15, 0.2) is 39.5 Å². The molecule has 11 N–H and O–H groups in total. The molecule has 0 spiro atoms. The van der Waals surface area contributed by atoms with E-state index in [1.165, 1.54) is 6.07 Å². The van der Waals surface area contributed by atoms with Crippen molar-refractivity contribution in [2.24, 2.45) is 0 Å². The van der Waals surface area contributed by atoms with Crippen molar-refractivity contribution >= 4 is 11.0 Å². The van der Waals surface area contributed by atoms with Gasteiger partial charge in [-0.05, 0) is 18.2 Å². The molecule has 0 amide bonds. The SMILES string of the molecule is O=c1cc(-c2ccc(O)c(O)c2)oc2cc(O[C@H]3O[C@H](CO)[C@@H](O)[C@H](O)[C@H]3O[C@@H]3O[C@H](CO)[C@@H](O)[C@H](O)[C@H]3O)c(O)c(O)c12. The number of phenols is 4. The highest BCUT2D eigenvalue weighted by atomic mass is 16.8. The number of hydrogen-bond donors (Lipinski definition) is 11. The van der Waals surface area contributed by atoms with Gasteiger partial charge >= 0.3 is 0 Å². The van der Waals surface area contributed by atoms with Crippen LogP contribution in [0.2, 0.25) is 0 Å². The average molecular weight is 627 g/mol. The van der Waals surface area contributed by atoms with Crippen molar-refractivity contribution < 1.29 is 79.5 Å². The highest BCUT2D eigenvalue weighted by Crippen LogP contribution is 2.43. The van der Waals surface area contributed by atoms with Crippen LogP contribution < -0.4 is 10.2 Å². The van der Waals surface area contributed by atoms with Crippen molar-refractivity contribution in [1.82, 2.24) is 0 Å². The summed E-state index contributed by atoms with van der Waals surface area (Å²) < 4.78 is 27.8. The normalized spacial score (nSPS) is 32.5. The van der Waals surface area contributed by atoms with E-state index in [1.807, 2.05) is 0 Å². The average Bonchev–Trinajstić information content (AvgIpc) is 3.00. The van der Waals surface area contributed by atoms with Gasteiger partial charge in [-0.3, -0.25) is 4.79 Å². The summed E-state index contributed by atoms with van der Waals surface area (Å²) in [7, 11) is 0. The van der Waals surface area contributed by atoms with Crippen molar-refractivity contribution in [2.75, 3.05) is 13.2 Å². The monoisotopic (exact) mass is 626 g/mol. The Kier molecular flexibility index (Phi) is 8.87. The minimum atomic E-state index is -1.93. The first-order valence-electron chi connectivity index (χ1n) is 13.2. The number of ether oxygens (including phenoxy) is 4. The molecule has 1 aromatic heterocycles. The number of rotatable bonds is 7. The molecule has 2 aliphatic heterocycles. The van der Waals surface area contributed by atoms with Crippen LogP contribution in [-0.2, 0) is 14.2 Å². The van der Waals surface area contributed by atoms with E-state index in [0.717, 1.165) is 24.3 Å². The van der Waals surface area contributed by atoms with Gasteiger partial charge in [0.1, 0.15) is 59.5 Å². The van der Waals surface area contributed by atoms with Crippen LogP contribution in [-0.4, -0.2) is 131 Å². The third-order valence-corrected chi connectivity index (χ3v) is 7.40. The smallest absolute Gasteiger partial charge is 0.229 e. The van der Waals surface area contributed by atoms with Crippen LogP contribution in [0.5, 0.6) is 28.7 Å². The lowest BCUT2D eigenvalue weighted by atomic mass is 9.97. The minimum Gasteiger partial charge on any atom is -0.504 e. The predicted octanol–water partition coefficient (Wildman–Crippen LogP) is -2.71. The number of aliphatic hydroxyl groups excluding tert-OH is 7. The Morgan fingerprint density at radius 3 is 1.98 bits per heavy atom. The number of phenolic OH excluding ortho intramolecular Hbond substituents is 4. The highest BCUT2D eigenvalue weighted by Gasteiger charge is 2.51. The van der Waals surface area contributed by atoms with Gasteiger partial charge in [0.25, 0.3) is 0 Å². The zero-order valence-electron chi connectivity index (χ0n) is 22.4. The molecular formula is C27H30O17. The van der Waals surface area contributed by atoms with Crippen molar-refractivity contribution in [1.29, 1.82) is 0 Å². The van der Waals surface area contributed by atoms with Crippen LogP contribution >= 0.6 is 0 Å². The molecule has 0 unspecified atom stereocenters. The lowest BCUT2D eigenvalue weighted by Crippen LogP contribution is -2.65. The zero-order chi connectivity index (χ0) is 32.0. The number of aromatic hydroxyl groups is 4. The van der Waals surface area contributed by atoms with E-state index >= 15 is 0 Å². The van der Waals surface area contributed by atoms with Gasteiger partial charge in [0.05, 0.1) is 13.2 Å². The second-order valence-corrected chi connectivity index (χ2v) is 10.2. The molecule has 3 aromatic rings. The molecule has 5 rings (SSSR count). The van der Waals surface area contributed by atoms with Gasteiger partial charge in [0.15, 0.2) is 40.8 Å². The fourth-order valence-electron chi connectivity index (χ4n) is 4.93. The van der Waals surface area contributed by atoms with Crippen molar-refractivity contribution in [2.45, 2.75) is 61.4 Å². The Bertz CT molecular complexity index is 1560. The van der Waals surface area contributed by atoms with E-state index in [0.29, 0.717) is 0 Å². The summed E-state index contributed by atoms with van der Waals surface area (Å²) in [6.07, 6.45) is -17.6. The molecule has 2 aromatic carbocycles. The lowest BCUT2D eigenvalue weighted by Gasteiger charge is -2.45. The van der Waals surface area contributed by atoms with E-state index in [9.17, 15) is 61.0 Å². The molecule has 2 saturated heterocycles. The van der Waals surface area contributed by atoms with Crippen molar-refractivity contribution in [3.05, 3.63) is 40.6 Å². The molecule has 0 bridgehead atoms. The summed E-state index contributed by atoms with van der Waals surface area (Å²) >= 11 is 0. The standard InChI is InChI=1S/C27H30O17/c28-6-15-19(34)22(37)24(39)26(42-15)44-25-23(38)20(35)16(7-29)43-27(25)41-14-5-13-17(21(36)18(14)33)11(32)4-12(40-13)8-1-2-9(30)10(31)3-8/h1-5,15-16,19-20,22-31,33-39H,6-7H2/t15-,16-,19-,20-,22+,23+,24-,25-,26+,27+/m1/s1. The molecule has 3 heterocycles. The number of aliphatic hydroxyl groups is 7. The first-order valence-corrected chi connectivity index (χ1v) is 13.2. The van der Waals surface area contributed by atoms with Crippen LogP contribution in [0, 0.1) is 0 Å². The summed E-state index contributed by atoms with van der Waals surface area (Å²) in [4.78, 5) is 12.9. The second kappa shape index (κ2) is 12.3. The molecular weight excluding hydrogens is 596 g/mol. The van der Waals surface area contributed by atoms with Crippen LogP contribution in [0.25, 0.3) is 22.3 Å². The molecule has 10 atom stereocenters. The van der Waals surface area contributed by atoms with Crippen LogP contribution in [0.1, 0.15) is 0 Å². The number of benzene rings is 2. The minimum absolute atomic E-state index is 0.120. The molecule has 44 heavy (non-hydrogen) atoms. The van der Waals surface area contributed by atoms with Gasteiger partial charge in [-0.25, -0.2) is 0 Å². The third-order valence-electron chi connectivity index (χ3n) is 7.40. The first kappa shape index (κ1) is 31.7. The lowest BCUT2D eigenvalue weighted by molar-refractivity contribution is -0.358. The Morgan fingerprint density at radius 1 is 0.705 bits per heavy atom. The van der Waals surface area contributed by atoms with Gasteiger partial charge in [-0.1, -0.05) is 0 Å². The molecule has 2 aliphatic rings.